The lowest BCUT2D eigenvalue weighted by Crippen LogP contribution is -2.43. The maximum atomic E-state index is 11.7. The van der Waals surface area contributed by atoms with Gasteiger partial charge in [-0.05, 0) is 25.3 Å². The molecule has 1 aromatic carbocycles. The van der Waals surface area contributed by atoms with Crippen LogP contribution in [0.25, 0.3) is 0 Å². The second kappa shape index (κ2) is 8.01. The number of nitrogens with one attached hydrogen (secondary N) is 1. The zero-order valence-corrected chi connectivity index (χ0v) is 12.8. The fourth-order valence-electron chi connectivity index (χ4n) is 1.58. The minimum Gasteiger partial charge on any atom is -0.493 e. The molecule has 0 radical (unpaired) electrons. The molecule has 0 aliphatic carbocycles. The van der Waals surface area contributed by atoms with Crippen LogP contribution in [0.15, 0.2) is 24.3 Å². The van der Waals surface area contributed by atoms with Gasteiger partial charge in [0.15, 0.2) is 18.1 Å². The Morgan fingerprint density at radius 1 is 1.40 bits per heavy atom. The van der Waals surface area contributed by atoms with Gasteiger partial charge in [-0.15, -0.1) is 0 Å². The van der Waals surface area contributed by atoms with Gasteiger partial charge in [-0.2, -0.15) is 11.8 Å². The number of carbonyl (C=O) groups is 1. The number of hydrogen-bond acceptors (Lipinski definition) is 5. The highest BCUT2D eigenvalue weighted by Gasteiger charge is 2.20. The van der Waals surface area contributed by atoms with Crippen molar-refractivity contribution < 1.29 is 19.4 Å². The SMILES string of the molecule is COc1ccccc1OCC(=O)NCC(C)(O)CSC. The molecule has 1 amide bonds. The highest BCUT2D eigenvalue weighted by Crippen LogP contribution is 2.25. The third-order valence-electron chi connectivity index (χ3n) is 2.55. The molecule has 0 heterocycles. The van der Waals surface area contributed by atoms with Crippen LogP contribution < -0.4 is 14.8 Å². The van der Waals surface area contributed by atoms with Crippen LogP contribution in [0.2, 0.25) is 0 Å². The van der Waals surface area contributed by atoms with E-state index in [9.17, 15) is 9.90 Å². The summed E-state index contributed by atoms with van der Waals surface area (Å²) in [6, 6.07) is 7.12. The van der Waals surface area contributed by atoms with Gasteiger partial charge in [0.1, 0.15) is 0 Å². The molecule has 5 nitrogen and oxygen atoms in total. The van der Waals surface area contributed by atoms with E-state index >= 15 is 0 Å². The van der Waals surface area contributed by atoms with Crippen molar-refractivity contribution in [2.45, 2.75) is 12.5 Å². The highest BCUT2D eigenvalue weighted by atomic mass is 32.2. The summed E-state index contributed by atoms with van der Waals surface area (Å²) in [7, 11) is 1.54. The van der Waals surface area contributed by atoms with Crippen molar-refractivity contribution in [2.24, 2.45) is 0 Å². The van der Waals surface area contributed by atoms with Gasteiger partial charge in [0.25, 0.3) is 5.91 Å². The number of hydrogen-bond donors (Lipinski definition) is 2. The Balaban J connectivity index is 2.40. The second-order valence-corrected chi connectivity index (χ2v) is 5.51. The Hall–Kier alpha value is -1.40. The third-order valence-corrected chi connectivity index (χ3v) is 3.46. The van der Waals surface area contributed by atoms with Crippen LogP contribution in [0.1, 0.15) is 6.92 Å². The van der Waals surface area contributed by atoms with Crippen LogP contribution in [0.5, 0.6) is 11.5 Å². The molecule has 6 heteroatoms. The monoisotopic (exact) mass is 299 g/mol. The largest absolute Gasteiger partial charge is 0.493 e. The molecule has 0 fully saturated rings. The van der Waals surface area contributed by atoms with Crippen LogP contribution in [-0.2, 0) is 4.79 Å². The predicted octanol–water partition coefficient (Wildman–Crippen LogP) is 1.30. The Kier molecular flexibility index (Phi) is 6.67. The van der Waals surface area contributed by atoms with Gasteiger partial charge < -0.3 is 19.9 Å². The quantitative estimate of drug-likeness (QED) is 0.757. The zero-order valence-electron chi connectivity index (χ0n) is 12.0. The zero-order chi connectivity index (χ0) is 15.0. The van der Waals surface area contributed by atoms with Crippen molar-refractivity contribution in [3.05, 3.63) is 24.3 Å². The second-order valence-electron chi connectivity index (χ2n) is 4.65. The summed E-state index contributed by atoms with van der Waals surface area (Å²) in [5.74, 6) is 1.37. The van der Waals surface area contributed by atoms with E-state index in [0.29, 0.717) is 17.3 Å². The first kappa shape index (κ1) is 16.7. The molecule has 1 atom stereocenters. The Morgan fingerprint density at radius 3 is 2.65 bits per heavy atom. The first-order valence-electron chi connectivity index (χ1n) is 6.22. The number of ether oxygens (including phenoxy) is 2. The predicted molar refractivity (Wildman–Crippen MR) is 80.5 cm³/mol. The van der Waals surface area contributed by atoms with Gasteiger partial charge in [-0.3, -0.25) is 4.79 Å². The maximum absolute atomic E-state index is 11.7. The molecule has 0 aliphatic rings. The Morgan fingerprint density at radius 2 is 2.05 bits per heavy atom. The lowest BCUT2D eigenvalue weighted by Gasteiger charge is -2.22. The fraction of sp³-hybridized carbons (Fsp3) is 0.500. The average Bonchev–Trinajstić information content (AvgIpc) is 2.43. The number of aliphatic hydroxyl groups is 1. The van der Waals surface area contributed by atoms with E-state index in [4.69, 9.17) is 9.47 Å². The number of methoxy groups -OCH3 is 1. The summed E-state index contributed by atoms with van der Waals surface area (Å²) in [5.41, 5.74) is -0.917. The van der Waals surface area contributed by atoms with Gasteiger partial charge in [-0.25, -0.2) is 0 Å². The number of carbonyl (C=O) groups excluding carboxylic acids is 1. The first-order chi connectivity index (χ1) is 9.48. The van der Waals surface area contributed by atoms with Crippen LogP contribution in [0.4, 0.5) is 0 Å². The summed E-state index contributed by atoms with van der Waals surface area (Å²) < 4.78 is 10.5. The fourth-order valence-corrected chi connectivity index (χ4v) is 2.31. The molecule has 0 aliphatic heterocycles. The third kappa shape index (κ3) is 5.71. The van der Waals surface area contributed by atoms with Gasteiger partial charge in [0.05, 0.1) is 12.7 Å². The summed E-state index contributed by atoms with van der Waals surface area (Å²) in [5, 5.41) is 12.6. The van der Waals surface area contributed by atoms with Crippen molar-refractivity contribution in [3.8, 4) is 11.5 Å². The molecule has 2 N–H and O–H groups in total. The smallest absolute Gasteiger partial charge is 0.258 e. The van der Waals surface area contributed by atoms with E-state index in [-0.39, 0.29) is 19.1 Å². The van der Waals surface area contributed by atoms with Crippen LogP contribution in [0.3, 0.4) is 0 Å². The maximum Gasteiger partial charge on any atom is 0.258 e. The van der Waals surface area contributed by atoms with Gasteiger partial charge >= 0.3 is 0 Å². The Bertz CT molecular complexity index is 437. The summed E-state index contributed by atoms with van der Waals surface area (Å²) >= 11 is 1.53. The number of benzene rings is 1. The number of amides is 1. The summed E-state index contributed by atoms with van der Waals surface area (Å²) in [6.45, 7) is 1.77. The number of rotatable bonds is 8. The lowest BCUT2D eigenvalue weighted by atomic mass is 10.1. The molecule has 0 spiro atoms. The lowest BCUT2D eigenvalue weighted by molar-refractivity contribution is -0.124. The van der Waals surface area contributed by atoms with Gasteiger partial charge in [-0.1, -0.05) is 12.1 Å². The molecule has 0 bridgehead atoms. The van der Waals surface area contributed by atoms with Crippen molar-refractivity contribution in [3.63, 3.8) is 0 Å². The number of thioether (sulfide) groups is 1. The molecule has 0 saturated carbocycles. The van der Waals surface area contributed by atoms with Crippen molar-refractivity contribution in [2.75, 3.05) is 32.3 Å². The molecular formula is C14H21NO4S. The van der Waals surface area contributed by atoms with E-state index in [1.165, 1.54) is 11.8 Å². The normalized spacial score (nSPS) is 13.4. The van der Waals surface area contributed by atoms with E-state index in [1.54, 1.807) is 32.2 Å². The molecule has 1 unspecified atom stereocenters. The molecule has 0 saturated heterocycles. The van der Waals surface area contributed by atoms with E-state index in [2.05, 4.69) is 5.32 Å². The van der Waals surface area contributed by atoms with Crippen molar-refractivity contribution in [1.82, 2.24) is 5.32 Å². The first-order valence-corrected chi connectivity index (χ1v) is 7.62. The number of para-hydroxylation sites is 2. The standard InChI is InChI=1S/C14H21NO4S/c1-14(17,10-20-3)9-15-13(16)8-19-12-7-5-4-6-11(12)18-2/h4-7,17H,8-10H2,1-3H3,(H,15,16). The molecule has 0 aromatic heterocycles. The van der Waals surface area contributed by atoms with Crippen molar-refractivity contribution >= 4 is 17.7 Å². The van der Waals surface area contributed by atoms with Crippen LogP contribution in [-0.4, -0.2) is 48.9 Å². The minimum atomic E-state index is -0.917. The summed E-state index contributed by atoms with van der Waals surface area (Å²) in [6.07, 6.45) is 1.90. The van der Waals surface area contributed by atoms with Crippen LogP contribution in [0, 0.1) is 0 Å². The highest BCUT2D eigenvalue weighted by molar-refractivity contribution is 7.98. The summed E-state index contributed by atoms with van der Waals surface area (Å²) in [4.78, 5) is 11.7. The van der Waals surface area contributed by atoms with E-state index < -0.39 is 5.60 Å². The van der Waals surface area contributed by atoms with E-state index in [0.717, 1.165) is 0 Å². The minimum absolute atomic E-state index is 0.115. The van der Waals surface area contributed by atoms with Crippen LogP contribution >= 0.6 is 11.8 Å². The average molecular weight is 299 g/mol. The molecule has 20 heavy (non-hydrogen) atoms. The van der Waals surface area contributed by atoms with Gasteiger partial charge in [0.2, 0.25) is 0 Å². The van der Waals surface area contributed by atoms with Crippen molar-refractivity contribution in [1.29, 1.82) is 0 Å². The molecule has 1 rings (SSSR count). The Labute approximate surface area is 123 Å². The van der Waals surface area contributed by atoms with E-state index in [1.807, 2.05) is 12.3 Å². The molecule has 1 aromatic rings. The molecular weight excluding hydrogens is 278 g/mol. The van der Waals surface area contributed by atoms with Gasteiger partial charge in [0, 0.05) is 12.3 Å². The molecule has 112 valence electrons. The topological polar surface area (TPSA) is 67.8 Å².